The number of rotatable bonds is 6. The van der Waals surface area contributed by atoms with Gasteiger partial charge in [0.15, 0.2) is 0 Å². The van der Waals surface area contributed by atoms with Gasteiger partial charge in [-0.2, -0.15) is 0 Å². The molecule has 2 fully saturated rings. The van der Waals surface area contributed by atoms with E-state index in [0.717, 1.165) is 23.8 Å². The predicted octanol–water partition coefficient (Wildman–Crippen LogP) is 2.74. The number of urea groups is 1. The molecular weight excluding hydrogens is 451 g/mol. The molecule has 2 aromatic rings. The van der Waals surface area contributed by atoms with E-state index >= 15 is 0 Å². The summed E-state index contributed by atoms with van der Waals surface area (Å²) in [5, 5.41) is 5.23. The van der Waals surface area contributed by atoms with Gasteiger partial charge >= 0.3 is 6.03 Å². The summed E-state index contributed by atoms with van der Waals surface area (Å²) in [6.07, 6.45) is 2.74. The summed E-state index contributed by atoms with van der Waals surface area (Å²) >= 11 is 0. The van der Waals surface area contributed by atoms with Crippen LogP contribution in [-0.2, 0) is 19.6 Å². The molecule has 4 amide bonds. The van der Waals surface area contributed by atoms with E-state index in [1.54, 1.807) is 6.92 Å². The second-order valence-electron chi connectivity index (χ2n) is 8.22. The zero-order valence-corrected chi connectivity index (χ0v) is 18.7. The maximum Gasteiger partial charge on any atom is 0.325 e. The van der Waals surface area contributed by atoms with E-state index in [4.69, 9.17) is 0 Å². The van der Waals surface area contributed by atoms with Gasteiger partial charge in [-0.25, -0.2) is 17.6 Å². The predicted molar refractivity (Wildman–Crippen MR) is 118 cm³/mol. The number of benzene rings is 2. The summed E-state index contributed by atoms with van der Waals surface area (Å²) < 4.78 is 41.8. The first-order valence-electron chi connectivity index (χ1n) is 10.4. The Bertz CT molecular complexity index is 1240. The van der Waals surface area contributed by atoms with E-state index in [-0.39, 0.29) is 16.3 Å². The number of hydrogen-bond donors (Lipinski definition) is 3. The van der Waals surface area contributed by atoms with Crippen LogP contribution >= 0.6 is 0 Å². The normalized spacial score (nSPS) is 17.3. The first-order valence-corrected chi connectivity index (χ1v) is 11.9. The van der Waals surface area contributed by atoms with E-state index in [1.165, 1.54) is 36.4 Å². The van der Waals surface area contributed by atoms with Gasteiger partial charge in [0.05, 0.1) is 10.6 Å². The second kappa shape index (κ2) is 8.47. The van der Waals surface area contributed by atoms with Gasteiger partial charge in [0.2, 0.25) is 5.91 Å². The number of aryl methyl sites for hydroxylation is 1. The Hall–Kier alpha value is -3.47. The Labute approximate surface area is 190 Å². The van der Waals surface area contributed by atoms with Crippen LogP contribution in [0.3, 0.4) is 0 Å². The maximum absolute atomic E-state index is 13.9. The van der Waals surface area contributed by atoms with Gasteiger partial charge < -0.3 is 10.6 Å². The lowest BCUT2D eigenvalue weighted by Crippen LogP contribution is -2.44. The molecule has 2 aliphatic rings. The van der Waals surface area contributed by atoms with Gasteiger partial charge in [0.25, 0.3) is 15.9 Å². The SMILES string of the molecule is Cc1ccc(NC(=O)CN2C(=O)NC3(CCCC3)C2=O)cc1S(=O)(=O)Nc1ccccc1F. The fourth-order valence-corrected chi connectivity index (χ4v) is 5.53. The van der Waals surface area contributed by atoms with E-state index < -0.39 is 45.8 Å². The van der Waals surface area contributed by atoms with Crippen molar-refractivity contribution < 1.29 is 27.2 Å². The molecule has 0 atom stereocenters. The monoisotopic (exact) mass is 474 g/mol. The molecule has 1 aliphatic heterocycles. The highest BCUT2D eigenvalue weighted by molar-refractivity contribution is 7.92. The second-order valence-corrected chi connectivity index (χ2v) is 9.88. The minimum atomic E-state index is -4.15. The lowest BCUT2D eigenvalue weighted by atomic mass is 9.98. The largest absolute Gasteiger partial charge is 0.325 e. The van der Waals surface area contributed by atoms with Crippen LogP contribution in [0.5, 0.6) is 0 Å². The fourth-order valence-electron chi connectivity index (χ4n) is 4.19. The number of imide groups is 1. The van der Waals surface area contributed by atoms with Crippen LogP contribution in [0.15, 0.2) is 47.4 Å². The number of hydrogen-bond acceptors (Lipinski definition) is 5. The number of anilines is 2. The third kappa shape index (κ3) is 4.40. The van der Waals surface area contributed by atoms with E-state index in [9.17, 15) is 27.2 Å². The van der Waals surface area contributed by atoms with Crippen LogP contribution in [0.1, 0.15) is 31.2 Å². The average Bonchev–Trinajstić information content (AvgIpc) is 3.31. The zero-order valence-electron chi connectivity index (χ0n) is 17.9. The maximum atomic E-state index is 13.9. The van der Waals surface area contributed by atoms with E-state index in [0.29, 0.717) is 18.4 Å². The molecule has 2 aromatic carbocycles. The summed E-state index contributed by atoms with van der Waals surface area (Å²) in [5.41, 5.74) is -0.581. The topological polar surface area (TPSA) is 125 Å². The molecule has 1 aliphatic carbocycles. The molecule has 0 bridgehead atoms. The summed E-state index contributed by atoms with van der Waals surface area (Å²) in [7, 11) is -4.15. The smallest absolute Gasteiger partial charge is 0.324 e. The van der Waals surface area contributed by atoms with Crippen molar-refractivity contribution in [1.82, 2.24) is 10.2 Å². The molecule has 1 saturated heterocycles. The van der Waals surface area contributed by atoms with Gasteiger partial charge in [-0.3, -0.25) is 19.2 Å². The summed E-state index contributed by atoms with van der Waals surface area (Å²) in [6, 6.07) is 8.98. The molecule has 9 nitrogen and oxygen atoms in total. The Balaban J connectivity index is 1.49. The summed E-state index contributed by atoms with van der Waals surface area (Å²) in [6.45, 7) is 1.08. The van der Waals surface area contributed by atoms with Gasteiger partial charge in [0, 0.05) is 5.69 Å². The molecule has 11 heteroatoms. The first kappa shape index (κ1) is 22.7. The number of halogens is 1. The van der Waals surface area contributed by atoms with Gasteiger partial charge in [-0.15, -0.1) is 0 Å². The molecule has 3 N–H and O–H groups in total. The number of amides is 4. The molecule has 0 unspecified atom stereocenters. The van der Waals surface area contributed by atoms with Crippen molar-refractivity contribution in [3.05, 3.63) is 53.8 Å². The van der Waals surface area contributed by atoms with Crippen molar-refractivity contribution in [1.29, 1.82) is 0 Å². The fraction of sp³-hybridized carbons (Fsp3) is 0.318. The van der Waals surface area contributed by atoms with E-state index in [2.05, 4.69) is 15.4 Å². The van der Waals surface area contributed by atoms with Crippen molar-refractivity contribution in [3.63, 3.8) is 0 Å². The average molecular weight is 475 g/mol. The number of carbonyl (C=O) groups is 3. The number of para-hydroxylation sites is 1. The van der Waals surface area contributed by atoms with Crippen LogP contribution in [-0.4, -0.2) is 43.2 Å². The van der Waals surface area contributed by atoms with Crippen LogP contribution in [0.25, 0.3) is 0 Å². The lowest BCUT2D eigenvalue weighted by Gasteiger charge is -2.19. The number of carbonyl (C=O) groups excluding carboxylic acids is 3. The Morgan fingerprint density at radius 3 is 2.55 bits per heavy atom. The molecule has 33 heavy (non-hydrogen) atoms. The molecule has 1 saturated carbocycles. The van der Waals surface area contributed by atoms with Crippen LogP contribution in [0.2, 0.25) is 0 Å². The number of nitrogens with zero attached hydrogens (tertiary/aromatic N) is 1. The molecule has 1 spiro atoms. The first-order chi connectivity index (χ1) is 15.6. The van der Waals surface area contributed by atoms with Crippen molar-refractivity contribution >= 4 is 39.2 Å². The van der Waals surface area contributed by atoms with Crippen LogP contribution < -0.4 is 15.4 Å². The number of sulfonamides is 1. The highest BCUT2D eigenvalue weighted by Gasteiger charge is 2.52. The minimum absolute atomic E-state index is 0.150. The molecule has 0 aromatic heterocycles. The third-order valence-electron chi connectivity index (χ3n) is 5.88. The molecule has 1 heterocycles. The number of nitrogens with one attached hydrogen (secondary N) is 3. The minimum Gasteiger partial charge on any atom is -0.324 e. The summed E-state index contributed by atoms with van der Waals surface area (Å²) in [5.74, 6) is -1.79. The van der Waals surface area contributed by atoms with Gasteiger partial charge in [0.1, 0.15) is 17.9 Å². The Kier molecular flexibility index (Phi) is 5.83. The Morgan fingerprint density at radius 1 is 1.15 bits per heavy atom. The lowest BCUT2D eigenvalue weighted by molar-refractivity contribution is -0.133. The van der Waals surface area contributed by atoms with E-state index in [1.807, 2.05) is 0 Å². The highest BCUT2D eigenvalue weighted by atomic mass is 32.2. The zero-order chi connectivity index (χ0) is 23.8. The van der Waals surface area contributed by atoms with Crippen molar-refractivity contribution in [2.24, 2.45) is 0 Å². The van der Waals surface area contributed by atoms with Gasteiger partial charge in [-0.05, 0) is 49.6 Å². The van der Waals surface area contributed by atoms with Gasteiger partial charge in [-0.1, -0.05) is 31.0 Å². The standard InChI is InChI=1S/C22H23FN4O5S/c1-14-8-9-15(12-18(14)33(31,32)26-17-7-3-2-6-16(17)23)24-19(28)13-27-20(29)22(25-21(27)30)10-4-5-11-22/h2-3,6-9,12,26H,4-5,10-11,13H2,1H3,(H,24,28)(H,25,30). The molecule has 0 radical (unpaired) electrons. The van der Waals surface area contributed by atoms with Crippen LogP contribution in [0.4, 0.5) is 20.6 Å². The molecule has 174 valence electrons. The molecular formula is C22H23FN4O5S. The van der Waals surface area contributed by atoms with Crippen LogP contribution in [0, 0.1) is 12.7 Å². The quantitative estimate of drug-likeness (QED) is 0.556. The van der Waals surface area contributed by atoms with Crippen molar-refractivity contribution in [2.45, 2.75) is 43.0 Å². The summed E-state index contributed by atoms with van der Waals surface area (Å²) in [4.78, 5) is 38.2. The van der Waals surface area contributed by atoms with Crippen molar-refractivity contribution in [2.75, 3.05) is 16.6 Å². The Morgan fingerprint density at radius 2 is 1.85 bits per heavy atom. The third-order valence-corrected chi connectivity index (χ3v) is 7.39. The highest BCUT2D eigenvalue weighted by Crippen LogP contribution is 2.35. The van der Waals surface area contributed by atoms with Crippen molar-refractivity contribution in [3.8, 4) is 0 Å². The molecule has 4 rings (SSSR count).